The Labute approximate surface area is 123 Å². The molecule has 0 aliphatic heterocycles. The second-order valence-electron chi connectivity index (χ2n) is 7.24. The molecule has 3 saturated carbocycles. The number of hydrogen-bond acceptors (Lipinski definition) is 2. The third kappa shape index (κ3) is 1.71. The van der Waals surface area contributed by atoms with Gasteiger partial charge in [-0.05, 0) is 67.6 Å². The molecule has 4 heteroatoms. The normalized spacial score (nSPS) is 37.2. The summed E-state index contributed by atoms with van der Waals surface area (Å²) in [5.74, 6) is 3.87. The van der Waals surface area contributed by atoms with Gasteiger partial charge >= 0.3 is 5.69 Å². The Kier molecular flexibility index (Phi) is 2.35. The molecule has 110 valence electrons. The number of H-pyrrole nitrogens is 2. The molecule has 2 bridgehead atoms. The zero-order chi connectivity index (χ0) is 14.0. The third-order valence-corrected chi connectivity index (χ3v) is 6.30. The average molecular weight is 283 g/mol. The summed E-state index contributed by atoms with van der Waals surface area (Å²) in [7, 11) is 0. The molecule has 0 amide bonds. The Morgan fingerprint density at radius 1 is 1.00 bits per heavy atom. The number of nitrogens with one attached hydrogen (secondary N) is 3. The molecule has 0 radical (unpaired) electrons. The van der Waals surface area contributed by atoms with Crippen LogP contribution in [0, 0.1) is 23.7 Å². The van der Waals surface area contributed by atoms with E-state index in [0.717, 1.165) is 40.4 Å². The van der Waals surface area contributed by atoms with Crippen molar-refractivity contribution in [2.75, 3.05) is 5.32 Å². The summed E-state index contributed by atoms with van der Waals surface area (Å²) in [6.45, 7) is 0. The summed E-state index contributed by atoms with van der Waals surface area (Å²) in [5.41, 5.74) is 2.79. The molecule has 2 aromatic rings. The van der Waals surface area contributed by atoms with E-state index in [1.807, 2.05) is 6.07 Å². The maximum Gasteiger partial charge on any atom is 0.323 e. The summed E-state index contributed by atoms with van der Waals surface area (Å²) in [4.78, 5) is 17.0. The van der Waals surface area contributed by atoms with Gasteiger partial charge in [0.05, 0.1) is 11.0 Å². The molecular formula is C17H21N3O. The van der Waals surface area contributed by atoms with E-state index in [-0.39, 0.29) is 5.69 Å². The fourth-order valence-corrected chi connectivity index (χ4v) is 5.57. The van der Waals surface area contributed by atoms with Crippen molar-refractivity contribution >= 4 is 16.7 Å². The molecule has 3 N–H and O–H groups in total. The summed E-state index contributed by atoms with van der Waals surface area (Å²) < 4.78 is 0. The van der Waals surface area contributed by atoms with Crippen LogP contribution in [0.5, 0.6) is 0 Å². The summed E-state index contributed by atoms with van der Waals surface area (Å²) in [5, 5.41) is 3.75. The lowest BCUT2D eigenvalue weighted by Crippen LogP contribution is -2.33. The first kappa shape index (κ1) is 11.9. The first-order valence-electron chi connectivity index (χ1n) is 8.26. The fraction of sp³-hybridized carbons (Fsp3) is 0.588. The molecule has 5 unspecified atom stereocenters. The SMILES string of the molecule is O=c1[nH]c2ccc(NC3CC4CC3C3CCCC43)cc2[nH]1. The Morgan fingerprint density at radius 3 is 2.81 bits per heavy atom. The maximum atomic E-state index is 11.3. The van der Waals surface area contributed by atoms with E-state index in [4.69, 9.17) is 0 Å². The van der Waals surface area contributed by atoms with Crippen LogP contribution in [0.4, 0.5) is 5.69 Å². The van der Waals surface area contributed by atoms with E-state index in [2.05, 4.69) is 27.4 Å². The minimum absolute atomic E-state index is 0.129. The van der Waals surface area contributed by atoms with Crippen molar-refractivity contribution in [3.8, 4) is 0 Å². The van der Waals surface area contributed by atoms with Gasteiger partial charge in [0.2, 0.25) is 0 Å². The number of fused-ring (bicyclic) bond motifs is 6. The highest BCUT2D eigenvalue weighted by Crippen LogP contribution is 2.59. The van der Waals surface area contributed by atoms with E-state index < -0.39 is 0 Å². The predicted octanol–water partition coefficient (Wildman–Crippen LogP) is 3.09. The molecule has 5 atom stereocenters. The molecule has 3 aliphatic rings. The molecule has 1 heterocycles. The van der Waals surface area contributed by atoms with Gasteiger partial charge in [-0.15, -0.1) is 0 Å². The zero-order valence-electron chi connectivity index (χ0n) is 12.1. The molecule has 4 nitrogen and oxygen atoms in total. The van der Waals surface area contributed by atoms with Gasteiger partial charge in [-0.25, -0.2) is 4.79 Å². The van der Waals surface area contributed by atoms with Gasteiger partial charge in [-0.1, -0.05) is 6.42 Å². The van der Waals surface area contributed by atoms with E-state index in [1.165, 1.54) is 32.1 Å². The monoisotopic (exact) mass is 283 g/mol. The molecular weight excluding hydrogens is 262 g/mol. The van der Waals surface area contributed by atoms with E-state index >= 15 is 0 Å². The molecule has 1 aromatic carbocycles. The van der Waals surface area contributed by atoms with Crippen LogP contribution >= 0.6 is 0 Å². The van der Waals surface area contributed by atoms with Gasteiger partial charge in [-0.2, -0.15) is 0 Å². The van der Waals surface area contributed by atoms with Crippen molar-refractivity contribution in [1.29, 1.82) is 0 Å². The van der Waals surface area contributed by atoms with Crippen molar-refractivity contribution in [2.24, 2.45) is 23.7 Å². The number of rotatable bonds is 2. The van der Waals surface area contributed by atoms with Gasteiger partial charge < -0.3 is 15.3 Å². The summed E-state index contributed by atoms with van der Waals surface area (Å²) >= 11 is 0. The number of aromatic amines is 2. The Bertz CT molecular complexity index is 746. The first-order chi connectivity index (χ1) is 10.3. The Balaban J connectivity index is 1.40. The van der Waals surface area contributed by atoms with Gasteiger partial charge in [0, 0.05) is 11.7 Å². The molecule has 0 saturated heterocycles. The van der Waals surface area contributed by atoms with Gasteiger partial charge in [0.15, 0.2) is 0 Å². The van der Waals surface area contributed by atoms with Crippen LogP contribution in [0.15, 0.2) is 23.0 Å². The minimum Gasteiger partial charge on any atom is -0.382 e. The molecule has 3 aliphatic carbocycles. The third-order valence-electron chi connectivity index (χ3n) is 6.30. The van der Waals surface area contributed by atoms with Crippen molar-refractivity contribution in [3.63, 3.8) is 0 Å². The van der Waals surface area contributed by atoms with Gasteiger partial charge in [0.25, 0.3) is 0 Å². The lowest BCUT2D eigenvalue weighted by atomic mass is 9.79. The van der Waals surface area contributed by atoms with E-state index in [0.29, 0.717) is 6.04 Å². The zero-order valence-corrected chi connectivity index (χ0v) is 12.1. The van der Waals surface area contributed by atoms with Crippen LogP contribution in [0.3, 0.4) is 0 Å². The standard InChI is InChI=1S/C17H21N3O/c21-17-19-14-5-4-10(8-16(14)20-17)18-15-7-9-6-13(15)12-3-1-2-11(9)12/h4-5,8-9,11-13,15,18H,1-3,6-7H2,(H2,19,20,21). The second-order valence-corrected chi connectivity index (χ2v) is 7.24. The molecule has 21 heavy (non-hydrogen) atoms. The Morgan fingerprint density at radius 2 is 1.86 bits per heavy atom. The van der Waals surface area contributed by atoms with Gasteiger partial charge in [-0.3, -0.25) is 0 Å². The summed E-state index contributed by atoms with van der Waals surface area (Å²) in [6.07, 6.45) is 7.17. The van der Waals surface area contributed by atoms with E-state index in [9.17, 15) is 4.79 Å². The lowest BCUT2D eigenvalue weighted by molar-refractivity contribution is 0.243. The number of anilines is 1. The summed E-state index contributed by atoms with van der Waals surface area (Å²) in [6, 6.07) is 6.77. The maximum absolute atomic E-state index is 11.3. The fourth-order valence-electron chi connectivity index (χ4n) is 5.57. The molecule has 3 fully saturated rings. The largest absolute Gasteiger partial charge is 0.382 e. The van der Waals surface area contributed by atoms with Crippen LogP contribution in [0.1, 0.15) is 32.1 Å². The topological polar surface area (TPSA) is 60.7 Å². The average Bonchev–Trinajstić information content (AvgIpc) is 3.16. The second kappa shape index (κ2) is 4.15. The quantitative estimate of drug-likeness (QED) is 0.793. The lowest BCUT2D eigenvalue weighted by Gasteiger charge is -2.32. The smallest absolute Gasteiger partial charge is 0.323 e. The van der Waals surface area contributed by atoms with Crippen molar-refractivity contribution < 1.29 is 0 Å². The molecule has 1 aromatic heterocycles. The number of aromatic nitrogens is 2. The van der Waals surface area contributed by atoms with Crippen molar-refractivity contribution in [2.45, 2.75) is 38.1 Å². The van der Waals surface area contributed by atoms with Crippen LogP contribution in [0.25, 0.3) is 11.0 Å². The van der Waals surface area contributed by atoms with Crippen LogP contribution in [-0.2, 0) is 0 Å². The number of hydrogen-bond donors (Lipinski definition) is 3. The van der Waals surface area contributed by atoms with Crippen LogP contribution in [0.2, 0.25) is 0 Å². The Hall–Kier alpha value is -1.71. The highest BCUT2D eigenvalue weighted by molar-refractivity contribution is 5.78. The van der Waals surface area contributed by atoms with Gasteiger partial charge in [0.1, 0.15) is 0 Å². The van der Waals surface area contributed by atoms with Crippen molar-refractivity contribution in [3.05, 3.63) is 28.7 Å². The minimum atomic E-state index is -0.129. The van der Waals surface area contributed by atoms with Crippen LogP contribution < -0.4 is 11.0 Å². The first-order valence-corrected chi connectivity index (χ1v) is 8.26. The van der Waals surface area contributed by atoms with E-state index in [1.54, 1.807) is 0 Å². The highest BCUT2D eigenvalue weighted by atomic mass is 16.1. The highest BCUT2D eigenvalue weighted by Gasteiger charge is 2.53. The molecule has 5 rings (SSSR count). The number of benzene rings is 1. The predicted molar refractivity (Wildman–Crippen MR) is 83.4 cm³/mol. The number of imidazole rings is 1. The molecule has 0 spiro atoms. The van der Waals surface area contributed by atoms with Crippen LogP contribution in [-0.4, -0.2) is 16.0 Å². The van der Waals surface area contributed by atoms with Crippen molar-refractivity contribution in [1.82, 2.24) is 9.97 Å².